The highest BCUT2D eigenvalue weighted by Crippen LogP contribution is 2.15. The molecular formula is C16H26O3. The molecule has 0 saturated carbocycles. The van der Waals surface area contributed by atoms with Gasteiger partial charge in [-0.25, -0.2) is 0 Å². The second-order valence-corrected chi connectivity index (χ2v) is 5.05. The molecule has 2 atom stereocenters. The molecule has 2 N–H and O–H groups in total. The Kier molecular flexibility index (Phi) is 7.53. The quantitative estimate of drug-likeness (QED) is 0.676. The first kappa shape index (κ1) is 16.0. The number of aliphatic hydroxyl groups excluding tert-OH is 2. The van der Waals surface area contributed by atoms with E-state index in [9.17, 15) is 10.2 Å². The molecule has 19 heavy (non-hydrogen) atoms. The van der Waals surface area contributed by atoms with E-state index in [4.69, 9.17) is 4.74 Å². The fourth-order valence-corrected chi connectivity index (χ4v) is 1.85. The fraction of sp³-hybridized carbons (Fsp3) is 0.625. The molecule has 2 unspecified atom stereocenters. The van der Waals surface area contributed by atoms with Crippen LogP contribution in [0.15, 0.2) is 24.3 Å². The molecule has 0 aliphatic rings. The summed E-state index contributed by atoms with van der Waals surface area (Å²) in [6, 6.07) is 7.97. The van der Waals surface area contributed by atoms with E-state index < -0.39 is 12.2 Å². The van der Waals surface area contributed by atoms with Gasteiger partial charge in [0.2, 0.25) is 0 Å². The number of unbranched alkanes of at least 4 members (excludes halogenated alkanes) is 2. The van der Waals surface area contributed by atoms with E-state index in [1.165, 1.54) is 12.8 Å². The fourth-order valence-electron chi connectivity index (χ4n) is 1.85. The van der Waals surface area contributed by atoms with E-state index >= 15 is 0 Å². The molecule has 0 saturated heterocycles. The third kappa shape index (κ3) is 6.60. The summed E-state index contributed by atoms with van der Waals surface area (Å²) in [6.07, 6.45) is 3.53. The molecule has 1 aromatic carbocycles. The van der Waals surface area contributed by atoms with Crippen molar-refractivity contribution in [1.82, 2.24) is 0 Å². The van der Waals surface area contributed by atoms with Crippen LogP contribution in [0.25, 0.3) is 0 Å². The highest BCUT2D eigenvalue weighted by molar-refractivity contribution is 5.27. The zero-order valence-electron chi connectivity index (χ0n) is 12.0. The highest BCUT2D eigenvalue weighted by atomic mass is 16.5. The van der Waals surface area contributed by atoms with Crippen LogP contribution in [0, 0.1) is 0 Å². The third-order valence-electron chi connectivity index (χ3n) is 3.23. The molecule has 0 spiro atoms. The molecule has 0 bridgehead atoms. The number of aliphatic hydroxyl groups is 2. The molecule has 0 heterocycles. The molecule has 0 aromatic heterocycles. The summed E-state index contributed by atoms with van der Waals surface area (Å²) >= 11 is 0. The predicted octanol–water partition coefficient (Wildman–Crippen LogP) is 2.93. The number of aryl methyl sites for hydroxylation is 1. The smallest absolute Gasteiger partial charge is 0.119 e. The van der Waals surface area contributed by atoms with Crippen LogP contribution in [0.4, 0.5) is 0 Å². The van der Waals surface area contributed by atoms with Crippen molar-refractivity contribution >= 4 is 0 Å². The van der Waals surface area contributed by atoms with Gasteiger partial charge in [-0.3, -0.25) is 0 Å². The number of ether oxygens (including phenoxy) is 1. The average Bonchev–Trinajstić information content (AvgIpc) is 2.42. The van der Waals surface area contributed by atoms with E-state index in [1.807, 2.05) is 24.3 Å². The van der Waals surface area contributed by atoms with E-state index in [-0.39, 0.29) is 0 Å². The Balaban J connectivity index is 2.31. The molecular weight excluding hydrogens is 240 g/mol. The van der Waals surface area contributed by atoms with Crippen LogP contribution >= 0.6 is 0 Å². The maximum absolute atomic E-state index is 9.53. The molecule has 0 aliphatic carbocycles. The Bertz CT molecular complexity index is 332. The van der Waals surface area contributed by atoms with Crippen LogP contribution in [0.1, 0.15) is 45.1 Å². The van der Waals surface area contributed by atoms with Gasteiger partial charge in [0, 0.05) is 0 Å². The first-order valence-electron chi connectivity index (χ1n) is 7.21. The minimum Gasteiger partial charge on any atom is -0.494 e. The molecule has 3 nitrogen and oxygen atoms in total. The Morgan fingerprint density at radius 2 is 1.79 bits per heavy atom. The van der Waals surface area contributed by atoms with Crippen molar-refractivity contribution < 1.29 is 14.9 Å². The normalized spacial score (nSPS) is 14.1. The van der Waals surface area contributed by atoms with Crippen LogP contribution < -0.4 is 4.74 Å². The molecule has 0 fully saturated rings. The lowest BCUT2D eigenvalue weighted by atomic mass is 10.0. The number of rotatable bonds is 9. The summed E-state index contributed by atoms with van der Waals surface area (Å²) in [4.78, 5) is 0. The standard InChI is InChI=1S/C16H26O3/c1-3-4-5-12-19-15-9-6-14(7-10-15)8-11-16(18)13(2)17/h6-7,9-10,13,16-18H,3-5,8,11-12H2,1-2H3. The summed E-state index contributed by atoms with van der Waals surface area (Å²) < 4.78 is 5.64. The zero-order chi connectivity index (χ0) is 14.1. The van der Waals surface area contributed by atoms with Gasteiger partial charge in [0.1, 0.15) is 5.75 Å². The maximum Gasteiger partial charge on any atom is 0.119 e. The van der Waals surface area contributed by atoms with Crippen molar-refractivity contribution in [3.8, 4) is 5.75 Å². The molecule has 3 heteroatoms. The monoisotopic (exact) mass is 266 g/mol. The summed E-state index contributed by atoms with van der Waals surface area (Å²) in [7, 11) is 0. The largest absolute Gasteiger partial charge is 0.494 e. The number of hydrogen-bond acceptors (Lipinski definition) is 3. The van der Waals surface area contributed by atoms with Crippen LogP contribution in [-0.2, 0) is 6.42 Å². The van der Waals surface area contributed by atoms with Crippen molar-refractivity contribution in [3.05, 3.63) is 29.8 Å². The van der Waals surface area contributed by atoms with Crippen LogP contribution in [0.3, 0.4) is 0 Å². The number of benzene rings is 1. The predicted molar refractivity (Wildman–Crippen MR) is 77.5 cm³/mol. The van der Waals surface area contributed by atoms with Crippen molar-refractivity contribution in [1.29, 1.82) is 0 Å². The van der Waals surface area contributed by atoms with E-state index in [0.717, 1.165) is 30.8 Å². The summed E-state index contributed by atoms with van der Waals surface area (Å²) in [5, 5.41) is 18.7. The van der Waals surface area contributed by atoms with Gasteiger partial charge in [0.25, 0.3) is 0 Å². The first-order valence-corrected chi connectivity index (χ1v) is 7.21. The summed E-state index contributed by atoms with van der Waals surface area (Å²) in [5.74, 6) is 0.899. The molecule has 1 rings (SSSR count). The Labute approximate surface area is 116 Å². The second kappa shape index (κ2) is 8.94. The lowest BCUT2D eigenvalue weighted by Crippen LogP contribution is -2.22. The average molecular weight is 266 g/mol. The lowest BCUT2D eigenvalue weighted by molar-refractivity contribution is 0.0265. The SMILES string of the molecule is CCCCCOc1ccc(CCC(O)C(C)O)cc1. The van der Waals surface area contributed by atoms with Gasteiger partial charge >= 0.3 is 0 Å². The summed E-state index contributed by atoms with van der Waals surface area (Å²) in [6.45, 7) is 4.56. The highest BCUT2D eigenvalue weighted by Gasteiger charge is 2.10. The van der Waals surface area contributed by atoms with Gasteiger partial charge in [-0.2, -0.15) is 0 Å². The Morgan fingerprint density at radius 3 is 2.37 bits per heavy atom. The van der Waals surface area contributed by atoms with Crippen LogP contribution in [0.5, 0.6) is 5.75 Å². The van der Waals surface area contributed by atoms with E-state index in [0.29, 0.717) is 6.42 Å². The Hall–Kier alpha value is -1.06. The minimum atomic E-state index is -0.666. The second-order valence-electron chi connectivity index (χ2n) is 5.05. The topological polar surface area (TPSA) is 49.7 Å². The van der Waals surface area contributed by atoms with Crippen molar-refractivity contribution in [2.24, 2.45) is 0 Å². The van der Waals surface area contributed by atoms with E-state index in [1.54, 1.807) is 6.92 Å². The lowest BCUT2D eigenvalue weighted by Gasteiger charge is -2.13. The van der Waals surface area contributed by atoms with Gasteiger partial charge in [0.05, 0.1) is 18.8 Å². The zero-order valence-corrected chi connectivity index (χ0v) is 12.0. The van der Waals surface area contributed by atoms with Gasteiger partial charge in [-0.05, 0) is 43.9 Å². The molecule has 108 valence electrons. The third-order valence-corrected chi connectivity index (χ3v) is 3.23. The maximum atomic E-state index is 9.53. The van der Waals surface area contributed by atoms with Crippen LogP contribution in [0.2, 0.25) is 0 Å². The Morgan fingerprint density at radius 1 is 1.11 bits per heavy atom. The minimum absolute atomic E-state index is 0.578. The summed E-state index contributed by atoms with van der Waals surface area (Å²) in [5.41, 5.74) is 1.15. The van der Waals surface area contributed by atoms with Crippen LogP contribution in [-0.4, -0.2) is 29.0 Å². The van der Waals surface area contributed by atoms with Crippen molar-refractivity contribution in [3.63, 3.8) is 0 Å². The van der Waals surface area contributed by atoms with Gasteiger partial charge in [-0.15, -0.1) is 0 Å². The molecule has 0 amide bonds. The van der Waals surface area contributed by atoms with E-state index in [2.05, 4.69) is 6.92 Å². The number of hydrogen-bond donors (Lipinski definition) is 2. The van der Waals surface area contributed by atoms with Crippen molar-refractivity contribution in [2.45, 2.75) is 58.2 Å². The first-order chi connectivity index (χ1) is 9.13. The molecule has 0 radical (unpaired) electrons. The van der Waals surface area contributed by atoms with Gasteiger partial charge in [-0.1, -0.05) is 31.9 Å². The van der Waals surface area contributed by atoms with Crippen molar-refractivity contribution in [2.75, 3.05) is 6.61 Å². The van der Waals surface area contributed by atoms with Gasteiger partial charge < -0.3 is 14.9 Å². The van der Waals surface area contributed by atoms with Gasteiger partial charge in [0.15, 0.2) is 0 Å². The molecule has 1 aromatic rings. The molecule has 0 aliphatic heterocycles.